The highest BCUT2D eigenvalue weighted by Crippen LogP contribution is 2.39. The summed E-state index contributed by atoms with van der Waals surface area (Å²) in [5.41, 5.74) is 0.0942. The fourth-order valence-corrected chi connectivity index (χ4v) is 3.56. The average molecular weight is 255 g/mol. The van der Waals surface area contributed by atoms with Crippen molar-refractivity contribution in [2.24, 2.45) is 11.3 Å². The van der Waals surface area contributed by atoms with Gasteiger partial charge in [-0.2, -0.15) is 0 Å². The SMILES string of the molecule is CCC1COCCN1CC1CCCC(C)(C)C1O. The average Bonchev–Trinajstić information content (AvgIpc) is 2.35. The zero-order valence-corrected chi connectivity index (χ0v) is 12.2. The van der Waals surface area contributed by atoms with Crippen molar-refractivity contribution in [1.29, 1.82) is 0 Å². The molecule has 0 aromatic heterocycles. The minimum Gasteiger partial charge on any atom is -0.392 e. The van der Waals surface area contributed by atoms with Crippen LogP contribution < -0.4 is 0 Å². The zero-order chi connectivity index (χ0) is 13.2. The molecule has 0 aromatic rings. The normalized spacial score (nSPS) is 37.7. The molecule has 1 saturated carbocycles. The Kier molecular flexibility index (Phi) is 4.68. The van der Waals surface area contributed by atoms with E-state index in [1.807, 2.05) is 0 Å². The number of nitrogens with zero attached hydrogens (tertiary/aromatic N) is 1. The van der Waals surface area contributed by atoms with Gasteiger partial charge in [-0.05, 0) is 30.6 Å². The van der Waals surface area contributed by atoms with E-state index in [1.165, 1.54) is 12.8 Å². The molecule has 3 atom stereocenters. The van der Waals surface area contributed by atoms with Crippen molar-refractivity contribution < 1.29 is 9.84 Å². The van der Waals surface area contributed by atoms with Gasteiger partial charge in [0.15, 0.2) is 0 Å². The Morgan fingerprint density at radius 3 is 2.89 bits per heavy atom. The van der Waals surface area contributed by atoms with E-state index >= 15 is 0 Å². The van der Waals surface area contributed by atoms with E-state index in [0.29, 0.717) is 12.0 Å². The highest BCUT2D eigenvalue weighted by Gasteiger charge is 2.39. The van der Waals surface area contributed by atoms with Crippen molar-refractivity contribution >= 4 is 0 Å². The molecule has 1 N–H and O–H groups in total. The summed E-state index contributed by atoms with van der Waals surface area (Å²) in [5.74, 6) is 0.445. The van der Waals surface area contributed by atoms with Crippen LogP contribution in [-0.4, -0.2) is 48.5 Å². The third-order valence-corrected chi connectivity index (χ3v) is 4.93. The third-order valence-electron chi connectivity index (χ3n) is 4.93. The summed E-state index contributed by atoms with van der Waals surface area (Å²) in [6.07, 6.45) is 4.59. The van der Waals surface area contributed by atoms with Crippen LogP contribution in [0.15, 0.2) is 0 Å². The van der Waals surface area contributed by atoms with Gasteiger partial charge in [-0.25, -0.2) is 0 Å². The van der Waals surface area contributed by atoms with E-state index in [4.69, 9.17) is 4.74 Å². The van der Waals surface area contributed by atoms with Gasteiger partial charge in [0.2, 0.25) is 0 Å². The van der Waals surface area contributed by atoms with Gasteiger partial charge in [0.05, 0.1) is 19.3 Å². The molecule has 3 heteroatoms. The molecule has 2 rings (SSSR count). The Labute approximate surface area is 112 Å². The van der Waals surface area contributed by atoms with Crippen LogP contribution in [0.4, 0.5) is 0 Å². The minimum absolute atomic E-state index is 0.0942. The van der Waals surface area contributed by atoms with Gasteiger partial charge in [-0.1, -0.05) is 27.2 Å². The molecule has 2 fully saturated rings. The first-order valence-corrected chi connectivity index (χ1v) is 7.54. The Hall–Kier alpha value is -0.120. The molecule has 0 bridgehead atoms. The second-order valence-corrected chi connectivity index (χ2v) is 6.72. The highest BCUT2D eigenvalue weighted by atomic mass is 16.5. The zero-order valence-electron chi connectivity index (χ0n) is 12.2. The molecule has 18 heavy (non-hydrogen) atoms. The number of aliphatic hydroxyl groups is 1. The van der Waals surface area contributed by atoms with Crippen LogP contribution in [0, 0.1) is 11.3 Å². The second kappa shape index (κ2) is 5.89. The van der Waals surface area contributed by atoms with Crippen molar-refractivity contribution in [2.45, 2.75) is 58.6 Å². The van der Waals surface area contributed by atoms with E-state index in [-0.39, 0.29) is 11.5 Å². The lowest BCUT2D eigenvalue weighted by Crippen LogP contribution is -2.51. The number of rotatable bonds is 3. The largest absolute Gasteiger partial charge is 0.392 e. The second-order valence-electron chi connectivity index (χ2n) is 6.72. The van der Waals surface area contributed by atoms with Gasteiger partial charge in [-0.3, -0.25) is 4.90 Å². The van der Waals surface area contributed by atoms with Crippen molar-refractivity contribution in [2.75, 3.05) is 26.3 Å². The lowest BCUT2D eigenvalue weighted by Gasteiger charge is -2.44. The Bertz CT molecular complexity index is 267. The molecule has 0 amide bonds. The van der Waals surface area contributed by atoms with Crippen LogP contribution in [-0.2, 0) is 4.74 Å². The molecular formula is C15H29NO2. The Morgan fingerprint density at radius 2 is 2.17 bits per heavy atom. The van der Waals surface area contributed by atoms with Crippen LogP contribution in [0.3, 0.4) is 0 Å². The topological polar surface area (TPSA) is 32.7 Å². The molecule has 0 radical (unpaired) electrons. The van der Waals surface area contributed by atoms with Crippen molar-refractivity contribution in [3.05, 3.63) is 0 Å². The molecule has 1 aliphatic heterocycles. The fourth-order valence-electron chi connectivity index (χ4n) is 3.56. The number of ether oxygens (including phenoxy) is 1. The maximum atomic E-state index is 10.5. The van der Waals surface area contributed by atoms with E-state index in [2.05, 4.69) is 25.7 Å². The van der Waals surface area contributed by atoms with Gasteiger partial charge < -0.3 is 9.84 Å². The number of hydrogen-bond acceptors (Lipinski definition) is 3. The van der Waals surface area contributed by atoms with Crippen LogP contribution in [0.1, 0.15) is 46.5 Å². The lowest BCUT2D eigenvalue weighted by atomic mass is 9.69. The van der Waals surface area contributed by atoms with Gasteiger partial charge >= 0.3 is 0 Å². The smallest absolute Gasteiger partial charge is 0.0631 e. The first kappa shape index (κ1) is 14.3. The molecule has 1 heterocycles. The number of hydrogen-bond donors (Lipinski definition) is 1. The van der Waals surface area contributed by atoms with Crippen LogP contribution >= 0.6 is 0 Å². The minimum atomic E-state index is -0.147. The summed E-state index contributed by atoms with van der Waals surface area (Å²) in [6, 6.07) is 0.552. The van der Waals surface area contributed by atoms with Gasteiger partial charge in [-0.15, -0.1) is 0 Å². The lowest BCUT2D eigenvalue weighted by molar-refractivity contribution is -0.0680. The van der Waals surface area contributed by atoms with E-state index in [1.54, 1.807) is 0 Å². The van der Waals surface area contributed by atoms with Gasteiger partial charge in [0.1, 0.15) is 0 Å². The van der Waals surface area contributed by atoms with Gasteiger partial charge in [0.25, 0.3) is 0 Å². The van der Waals surface area contributed by atoms with E-state index in [0.717, 1.165) is 39.1 Å². The molecule has 2 aliphatic rings. The maximum Gasteiger partial charge on any atom is 0.0631 e. The molecule has 106 valence electrons. The first-order valence-electron chi connectivity index (χ1n) is 7.54. The molecule has 1 saturated heterocycles. The third kappa shape index (κ3) is 3.06. The van der Waals surface area contributed by atoms with Crippen LogP contribution in [0.25, 0.3) is 0 Å². The molecule has 0 spiro atoms. The highest BCUT2D eigenvalue weighted by molar-refractivity contribution is 4.90. The molecular weight excluding hydrogens is 226 g/mol. The number of morpholine rings is 1. The predicted molar refractivity (Wildman–Crippen MR) is 73.6 cm³/mol. The number of aliphatic hydroxyl groups excluding tert-OH is 1. The Balaban J connectivity index is 1.95. The summed E-state index contributed by atoms with van der Waals surface area (Å²) in [4.78, 5) is 2.54. The summed E-state index contributed by atoms with van der Waals surface area (Å²) in [7, 11) is 0. The first-order chi connectivity index (χ1) is 8.54. The van der Waals surface area contributed by atoms with E-state index in [9.17, 15) is 5.11 Å². The predicted octanol–water partition coefficient (Wildman–Crippen LogP) is 2.28. The Morgan fingerprint density at radius 1 is 1.39 bits per heavy atom. The molecule has 0 aromatic carbocycles. The fraction of sp³-hybridized carbons (Fsp3) is 1.00. The summed E-state index contributed by atoms with van der Waals surface area (Å²) in [5, 5.41) is 10.5. The van der Waals surface area contributed by atoms with E-state index < -0.39 is 0 Å². The maximum absolute atomic E-state index is 10.5. The molecule has 3 nitrogen and oxygen atoms in total. The standard InChI is InChI=1S/C15H29NO2/c1-4-13-11-18-9-8-16(13)10-12-6-5-7-15(2,3)14(12)17/h12-14,17H,4-11H2,1-3H3. The summed E-state index contributed by atoms with van der Waals surface area (Å²) < 4.78 is 5.56. The summed E-state index contributed by atoms with van der Waals surface area (Å²) >= 11 is 0. The van der Waals surface area contributed by atoms with Crippen LogP contribution in [0.5, 0.6) is 0 Å². The van der Waals surface area contributed by atoms with Crippen LogP contribution in [0.2, 0.25) is 0 Å². The quantitative estimate of drug-likeness (QED) is 0.840. The van der Waals surface area contributed by atoms with Crippen molar-refractivity contribution in [3.63, 3.8) is 0 Å². The monoisotopic (exact) mass is 255 g/mol. The molecule has 1 aliphatic carbocycles. The summed E-state index contributed by atoms with van der Waals surface area (Å²) in [6.45, 7) is 10.4. The van der Waals surface area contributed by atoms with Gasteiger partial charge in [0, 0.05) is 19.1 Å². The molecule has 3 unspecified atom stereocenters. The van der Waals surface area contributed by atoms with Crippen molar-refractivity contribution in [1.82, 2.24) is 4.90 Å². The van der Waals surface area contributed by atoms with Crippen molar-refractivity contribution in [3.8, 4) is 0 Å².